The molecule has 0 atom stereocenters. The molecule has 0 unspecified atom stereocenters. The van der Waals surface area contributed by atoms with Gasteiger partial charge in [0, 0.05) is 6.54 Å². The van der Waals surface area contributed by atoms with Gasteiger partial charge in [0.2, 0.25) is 0 Å². The molecule has 2 heteroatoms. The second-order valence-electron chi connectivity index (χ2n) is 2.03. The van der Waals surface area contributed by atoms with E-state index in [0.717, 1.165) is 19.5 Å². The molecule has 0 heterocycles. The summed E-state index contributed by atoms with van der Waals surface area (Å²) in [5.41, 5.74) is 0. The molecule has 2 N–H and O–H groups in total. The van der Waals surface area contributed by atoms with Gasteiger partial charge < -0.3 is 10.4 Å². The van der Waals surface area contributed by atoms with Gasteiger partial charge in [-0.05, 0) is 13.0 Å². The fourth-order valence-electron chi connectivity index (χ4n) is 0.631. The quantitative estimate of drug-likeness (QED) is 0.515. The molecule has 0 aliphatic heterocycles. The molecule has 0 aromatic heterocycles. The second-order valence-corrected chi connectivity index (χ2v) is 2.03. The van der Waals surface area contributed by atoms with Crippen LogP contribution >= 0.6 is 0 Å². The predicted octanol–water partition coefficient (Wildman–Crippen LogP) is 0.573. The van der Waals surface area contributed by atoms with Crippen LogP contribution in [0.15, 0.2) is 0 Å². The molecule has 0 saturated carbocycles. The Kier molecular flexibility index (Phi) is 7.85. The van der Waals surface area contributed by atoms with Crippen LogP contribution in [0.3, 0.4) is 0 Å². The zero-order chi connectivity index (χ0) is 6.95. The number of unbranched alkanes of at least 4 members (excludes halogenated alkanes) is 2. The minimum absolute atomic E-state index is 0.240. The highest BCUT2D eigenvalue weighted by Crippen LogP contribution is 1.89. The first-order valence-electron chi connectivity index (χ1n) is 3.52. The first-order valence-corrected chi connectivity index (χ1v) is 3.52. The third-order valence-corrected chi connectivity index (χ3v) is 1.14. The molecule has 1 radical (unpaired) electrons. The van der Waals surface area contributed by atoms with Crippen molar-refractivity contribution in [2.45, 2.75) is 19.3 Å². The number of nitrogens with one attached hydrogen (secondary N) is 1. The van der Waals surface area contributed by atoms with Crippen molar-refractivity contribution in [3.8, 4) is 0 Å². The molecule has 0 bridgehead atoms. The molecule has 55 valence electrons. The lowest BCUT2D eigenvalue weighted by Gasteiger charge is -1.99. The van der Waals surface area contributed by atoms with Crippen molar-refractivity contribution in [1.82, 2.24) is 5.32 Å². The van der Waals surface area contributed by atoms with Crippen molar-refractivity contribution in [1.29, 1.82) is 0 Å². The van der Waals surface area contributed by atoms with E-state index < -0.39 is 0 Å². The van der Waals surface area contributed by atoms with Crippen molar-refractivity contribution in [2.75, 3.05) is 19.7 Å². The van der Waals surface area contributed by atoms with Gasteiger partial charge in [-0.25, -0.2) is 0 Å². The minimum Gasteiger partial charge on any atom is -0.395 e. The van der Waals surface area contributed by atoms with Crippen LogP contribution in [0.1, 0.15) is 19.3 Å². The van der Waals surface area contributed by atoms with Crippen LogP contribution in [-0.4, -0.2) is 24.8 Å². The summed E-state index contributed by atoms with van der Waals surface area (Å²) in [6, 6.07) is 0. The maximum Gasteiger partial charge on any atom is 0.0555 e. The topological polar surface area (TPSA) is 32.3 Å². The van der Waals surface area contributed by atoms with Crippen LogP contribution < -0.4 is 5.32 Å². The maximum absolute atomic E-state index is 8.35. The van der Waals surface area contributed by atoms with Crippen LogP contribution in [0.25, 0.3) is 0 Å². The summed E-state index contributed by atoms with van der Waals surface area (Å²) in [5.74, 6) is 0. The Hall–Kier alpha value is -0.0800. The molecule has 0 saturated heterocycles. The van der Waals surface area contributed by atoms with Gasteiger partial charge in [0.25, 0.3) is 0 Å². The first kappa shape index (κ1) is 8.92. The highest BCUT2D eigenvalue weighted by atomic mass is 16.3. The van der Waals surface area contributed by atoms with E-state index in [2.05, 4.69) is 12.2 Å². The Morgan fingerprint density at radius 3 is 2.56 bits per heavy atom. The van der Waals surface area contributed by atoms with Crippen molar-refractivity contribution < 1.29 is 5.11 Å². The molecule has 0 aromatic rings. The van der Waals surface area contributed by atoms with Crippen molar-refractivity contribution in [3.05, 3.63) is 6.92 Å². The predicted molar refractivity (Wildman–Crippen MR) is 39.2 cm³/mol. The highest BCUT2D eigenvalue weighted by molar-refractivity contribution is 4.47. The molecule has 0 amide bonds. The molecule has 0 rings (SSSR count). The normalized spacial score (nSPS) is 10.0. The second kappa shape index (κ2) is 7.92. The SMILES string of the molecule is [CH2]CCCCNCCO. The molecular weight excluding hydrogens is 114 g/mol. The smallest absolute Gasteiger partial charge is 0.0555 e. The molecule has 0 aliphatic rings. The van der Waals surface area contributed by atoms with Crippen molar-refractivity contribution in [2.24, 2.45) is 0 Å². The van der Waals surface area contributed by atoms with Crippen molar-refractivity contribution in [3.63, 3.8) is 0 Å². The van der Waals surface area contributed by atoms with Crippen LogP contribution in [0, 0.1) is 6.92 Å². The van der Waals surface area contributed by atoms with E-state index in [-0.39, 0.29) is 6.61 Å². The standard InChI is InChI=1S/C7H16NO/c1-2-3-4-5-8-6-7-9/h8-9H,1-7H2. The fraction of sp³-hybridized carbons (Fsp3) is 0.857. The molecule has 0 fully saturated rings. The van der Waals surface area contributed by atoms with E-state index in [1.54, 1.807) is 0 Å². The zero-order valence-corrected chi connectivity index (χ0v) is 5.90. The summed E-state index contributed by atoms with van der Waals surface area (Å²) >= 11 is 0. The van der Waals surface area contributed by atoms with E-state index in [1.165, 1.54) is 12.8 Å². The number of hydrogen-bond acceptors (Lipinski definition) is 2. The number of aliphatic hydroxyl groups excluding tert-OH is 1. The van der Waals surface area contributed by atoms with E-state index in [4.69, 9.17) is 5.11 Å². The summed E-state index contributed by atoms with van der Waals surface area (Å²) in [6.07, 6.45) is 3.36. The third-order valence-electron chi connectivity index (χ3n) is 1.14. The Morgan fingerprint density at radius 2 is 2.00 bits per heavy atom. The van der Waals surface area contributed by atoms with Gasteiger partial charge in [-0.1, -0.05) is 19.8 Å². The van der Waals surface area contributed by atoms with Gasteiger partial charge in [0.05, 0.1) is 6.61 Å². The van der Waals surface area contributed by atoms with E-state index in [1.807, 2.05) is 0 Å². The number of aliphatic hydroxyl groups is 1. The summed E-state index contributed by atoms with van der Waals surface area (Å²) in [6.45, 7) is 5.70. The van der Waals surface area contributed by atoms with Gasteiger partial charge >= 0.3 is 0 Å². The van der Waals surface area contributed by atoms with E-state index in [0.29, 0.717) is 0 Å². The fourth-order valence-corrected chi connectivity index (χ4v) is 0.631. The number of hydrogen-bond donors (Lipinski definition) is 2. The van der Waals surface area contributed by atoms with Crippen LogP contribution in [-0.2, 0) is 0 Å². The lowest BCUT2D eigenvalue weighted by molar-refractivity contribution is 0.292. The van der Waals surface area contributed by atoms with Gasteiger partial charge in [-0.3, -0.25) is 0 Å². The van der Waals surface area contributed by atoms with Gasteiger partial charge in [0.15, 0.2) is 0 Å². The number of rotatable bonds is 6. The largest absolute Gasteiger partial charge is 0.395 e. The summed E-state index contributed by atoms with van der Waals surface area (Å²) < 4.78 is 0. The summed E-state index contributed by atoms with van der Waals surface area (Å²) in [7, 11) is 0. The average molecular weight is 130 g/mol. The van der Waals surface area contributed by atoms with Crippen molar-refractivity contribution >= 4 is 0 Å². The average Bonchev–Trinajstić information content (AvgIpc) is 1.89. The van der Waals surface area contributed by atoms with Crippen LogP contribution in [0.2, 0.25) is 0 Å². The summed E-state index contributed by atoms with van der Waals surface area (Å²) in [5, 5.41) is 11.4. The Morgan fingerprint density at radius 1 is 1.22 bits per heavy atom. The monoisotopic (exact) mass is 130 g/mol. The van der Waals surface area contributed by atoms with Gasteiger partial charge in [-0.2, -0.15) is 0 Å². The molecule has 0 aliphatic carbocycles. The Bertz CT molecular complexity index is 42.2. The van der Waals surface area contributed by atoms with E-state index >= 15 is 0 Å². The lowest BCUT2D eigenvalue weighted by Crippen LogP contribution is -2.19. The molecular formula is C7H16NO. The summed E-state index contributed by atoms with van der Waals surface area (Å²) in [4.78, 5) is 0. The lowest BCUT2D eigenvalue weighted by atomic mass is 10.2. The minimum atomic E-state index is 0.240. The van der Waals surface area contributed by atoms with Crippen LogP contribution in [0.5, 0.6) is 0 Å². The Balaban J connectivity index is 2.60. The first-order chi connectivity index (χ1) is 4.41. The molecule has 2 nitrogen and oxygen atoms in total. The van der Waals surface area contributed by atoms with Gasteiger partial charge in [0.1, 0.15) is 0 Å². The molecule has 0 spiro atoms. The van der Waals surface area contributed by atoms with Gasteiger partial charge in [-0.15, -0.1) is 0 Å². The van der Waals surface area contributed by atoms with E-state index in [9.17, 15) is 0 Å². The molecule has 0 aromatic carbocycles. The third kappa shape index (κ3) is 7.92. The van der Waals surface area contributed by atoms with Crippen LogP contribution in [0.4, 0.5) is 0 Å². The maximum atomic E-state index is 8.35. The molecule has 9 heavy (non-hydrogen) atoms. The highest BCUT2D eigenvalue weighted by Gasteiger charge is 1.84. The zero-order valence-electron chi connectivity index (χ0n) is 5.90. The Labute approximate surface area is 57.3 Å².